The van der Waals surface area contributed by atoms with E-state index in [-0.39, 0.29) is 17.9 Å². The molecule has 118 valence electrons. The molecule has 0 saturated heterocycles. The first-order valence-electron chi connectivity index (χ1n) is 8.04. The summed E-state index contributed by atoms with van der Waals surface area (Å²) in [5, 5.41) is 3.06. The minimum atomic E-state index is 0.0425. The van der Waals surface area contributed by atoms with Crippen molar-refractivity contribution < 1.29 is 4.79 Å². The highest BCUT2D eigenvalue weighted by atomic mass is 16.1. The Morgan fingerprint density at radius 2 is 1.81 bits per heavy atom. The molecular formula is C18H30N2O. The van der Waals surface area contributed by atoms with Crippen LogP contribution >= 0.6 is 0 Å². The summed E-state index contributed by atoms with van der Waals surface area (Å²) in [6.07, 6.45) is 2.56. The van der Waals surface area contributed by atoms with Crippen LogP contribution in [0.25, 0.3) is 0 Å². The smallest absolute Gasteiger partial charge is 0.220 e. The van der Waals surface area contributed by atoms with Crippen LogP contribution in [0.4, 0.5) is 0 Å². The van der Waals surface area contributed by atoms with Crippen molar-refractivity contribution in [1.82, 2.24) is 5.32 Å². The van der Waals surface area contributed by atoms with Gasteiger partial charge in [-0.1, -0.05) is 51.5 Å². The molecule has 0 radical (unpaired) electrons. The summed E-state index contributed by atoms with van der Waals surface area (Å²) >= 11 is 0. The fourth-order valence-corrected chi connectivity index (χ4v) is 2.45. The second-order valence-electron chi connectivity index (χ2n) is 6.34. The molecular weight excluding hydrogens is 260 g/mol. The van der Waals surface area contributed by atoms with E-state index in [0.29, 0.717) is 18.9 Å². The van der Waals surface area contributed by atoms with Crippen LogP contribution in [0.15, 0.2) is 24.3 Å². The average Bonchev–Trinajstić information content (AvgIpc) is 2.44. The van der Waals surface area contributed by atoms with Crippen molar-refractivity contribution in [3.05, 3.63) is 35.4 Å². The lowest BCUT2D eigenvalue weighted by Gasteiger charge is -2.17. The maximum Gasteiger partial charge on any atom is 0.220 e. The molecule has 0 fully saturated rings. The Hall–Kier alpha value is -1.35. The summed E-state index contributed by atoms with van der Waals surface area (Å²) in [6.45, 7) is 9.11. The number of rotatable bonds is 8. The molecule has 1 aromatic carbocycles. The molecule has 21 heavy (non-hydrogen) atoms. The van der Waals surface area contributed by atoms with Gasteiger partial charge in [0.1, 0.15) is 0 Å². The first kappa shape index (κ1) is 17.7. The minimum absolute atomic E-state index is 0.0425. The predicted octanol–water partition coefficient (Wildman–Crippen LogP) is 3.44. The van der Waals surface area contributed by atoms with Gasteiger partial charge in [-0.25, -0.2) is 0 Å². The predicted molar refractivity (Wildman–Crippen MR) is 89.0 cm³/mol. The van der Waals surface area contributed by atoms with Gasteiger partial charge >= 0.3 is 0 Å². The number of nitrogens with one attached hydrogen (secondary N) is 1. The molecule has 0 spiro atoms. The molecule has 1 aromatic rings. The second-order valence-corrected chi connectivity index (χ2v) is 6.34. The van der Waals surface area contributed by atoms with Crippen molar-refractivity contribution in [2.45, 2.75) is 53.0 Å². The van der Waals surface area contributed by atoms with E-state index in [1.54, 1.807) is 0 Å². The molecule has 0 aliphatic heterocycles. The highest BCUT2D eigenvalue weighted by Gasteiger charge is 2.13. The van der Waals surface area contributed by atoms with E-state index in [4.69, 9.17) is 5.73 Å². The summed E-state index contributed by atoms with van der Waals surface area (Å²) in [5.74, 6) is 1.03. The highest BCUT2D eigenvalue weighted by Crippen LogP contribution is 2.16. The molecule has 3 N–H and O–H groups in total. The molecule has 2 unspecified atom stereocenters. The van der Waals surface area contributed by atoms with Crippen LogP contribution in [0.1, 0.15) is 57.7 Å². The Labute approximate surface area is 129 Å². The lowest BCUT2D eigenvalue weighted by Crippen LogP contribution is -2.30. The molecule has 3 heteroatoms. The second kappa shape index (κ2) is 8.83. The number of amides is 1. The molecule has 0 aliphatic carbocycles. The molecule has 0 bridgehead atoms. The van der Waals surface area contributed by atoms with Gasteiger partial charge in [-0.2, -0.15) is 0 Å². The third-order valence-corrected chi connectivity index (χ3v) is 3.89. The zero-order chi connectivity index (χ0) is 15.8. The van der Waals surface area contributed by atoms with Crippen molar-refractivity contribution in [1.29, 1.82) is 0 Å². The summed E-state index contributed by atoms with van der Waals surface area (Å²) < 4.78 is 0. The zero-order valence-corrected chi connectivity index (χ0v) is 13.9. The third kappa shape index (κ3) is 6.30. The SMILES string of the molecule is CCC(CN)CC(=O)NC(C)c1ccc(CC(C)C)cc1. The van der Waals surface area contributed by atoms with Crippen LogP contribution in [0.3, 0.4) is 0 Å². The number of carbonyl (C=O) groups is 1. The van der Waals surface area contributed by atoms with Gasteiger partial charge in [0.25, 0.3) is 0 Å². The number of nitrogens with two attached hydrogens (primary N) is 1. The molecule has 1 amide bonds. The van der Waals surface area contributed by atoms with Gasteiger partial charge in [0.15, 0.2) is 0 Å². The Morgan fingerprint density at radius 1 is 1.19 bits per heavy atom. The number of benzene rings is 1. The van der Waals surface area contributed by atoms with Crippen LogP contribution in [0.2, 0.25) is 0 Å². The van der Waals surface area contributed by atoms with Crippen LogP contribution < -0.4 is 11.1 Å². The molecule has 0 heterocycles. The van der Waals surface area contributed by atoms with Crippen molar-refractivity contribution in [2.24, 2.45) is 17.6 Å². The lowest BCUT2D eigenvalue weighted by molar-refractivity contribution is -0.122. The van der Waals surface area contributed by atoms with Gasteiger partial charge in [-0.15, -0.1) is 0 Å². The van der Waals surface area contributed by atoms with Crippen molar-refractivity contribution in [3.63, 3.8) is 0 Å². The Bertz CT molecular complexity index is 421. The Kier molecular flexibility index (Phi) is 7.44. The molecule has 1 rings (SSSR count). The molecule has 3 nitrogen and oxygen atoms in total. The highest BCUT2D eigenvalue weighted by molar-refractivity contribution is 5.76. The summed E-state index contributed by atoms with van der Waals surface area (Å²) in [6, 6.07) is 8.59. The van der Waals surface area contributed by atoms with Crippen LogP contribution in [-0.2, 0) is 11.2 Å². The van der Waals surface area contributed by atoms with Crippen LogP contribution in [-0.4, -0.2) is 12.5 Å². The minimum Gasteiger partial charge on any atom is -0.350 e. The van der Waals surface area contributed by atoms with Crippen LogP contribution in [0.5, 0.6) is 0 Å². The summed E-state index contributed by atoms with van der Waals surface area (Å²) in [7, 11) is 0. The van der Waals surface area contributed by atoms with E-state index in [1.807, 2.05) is 6.92 Å². The Morgan fingerprint density at radius 3 is 2.29 bits per heavy atom. The molecule has 0 aliphatic rings. The maximum atomic E-state index is 12.0. The van der Waals surface area contributed by atoms with Crippen molar-refractivity contribution in [2.75, 3.05) is 6.54 Å². The lowest BCUT2D eigenvalue weighted by atomic mass is 9.99. The van der Waals surface area contributed by atoms with Gasteiger partial charge in [-0.3, -0.25) is 4.79 Å². The average molecular weight is 290 g/mol. The molecule has 0 saturated carbocycles. The van der Waals surface area contributed by atoms with Crippen molar-refractivity contribution >= 4 is 5.91 Å². The van der Waals surface area contributed by atoms with Crippen molar-refractivity contribution in [3.8, 4) is 0 Å². The van der Waals surface area contributed by atoms with E-state index >= 15 is 0 Å². The fourth-order valence-electron chi connectivity index (χ4n) is 2.45. The molecule has 0 aromatic heterocycles. The standard InChI is InChI=1S/C18H30N2O/c1-5-15(12-19)11-18(21)20-14(4)17-8-6-16(7-9-17)10-13(2)3/h6-9,13-15H,5,10-12,19H2,1-4H3,(H,20,21). The monoisotopic (exact) mass is 290 g/mol. The van der Waals surface area contributed by atoms with Gasteiger partial charge in [0.05, 0.1) is 6.04 Å². The summed E-state index contributed by atoms with van der Waals surface area (Å²) in [5.41, 5.74) is 8.15. The van der Waals surface area contributed by atoms with E-state index in [0.717, 1.165) is 18.4 Å². The number of carbonyl (C=O) groups excluding carboxylic acids is 1. The zero-order valence-electron chi connectivity index (χ0n) is 13.9. The van der Waals surface area contributed by atoms with Crippen LogP contribution in [0, 0.1) is 11.8 Å². The Balaban J connectivity index is 2.54. The van der Waals surface area contributed by atoms with E-state index in [1.165, 1.54) is 5.56 Å². The van der Waals surface area contributed by atoms with Gasteiger partial charge in [-0.05, 0) is 42.9 Å². The van der Waals surface area contributed by atoms with E-state index in [2.05, 4.69) is 50.4 Å². The largest absolute Gasteiger partial charge is 0.350 e. The third-order valence-electron chi connectivity index (χ3n) is 3.89. The quantitative estimate of drug-likeness (QED) is 0.770. The molecule has 2 atom stereocenters. The van der Waals surface area contributed by atoms with E-state index < -0.39 is 0 Å². The summed E-state index contributed by atoms with van der Waals surface area (Å²) in [4.78, 5) is 12.0. The normalized spacial score (nSPS) is 14.0. The first-order chi connectivity index (χ1) is 9.96. The van der Waals surface area contributed by atoms with E-state index in [9.17, 15) is 4.79 Å². The van der Waals surface area contributed by atoms with Gasteiger partial charge in [0, 0.05) is 6.42 Å². The topological polar surface area (TPSA) is 55.1 Å². The fraction of sp³-hybridized carbons (Fsp3) is 0.611. The first-order valence-corrected chi connectivity index (χ1v) is 8.04. The number of hydrogen-bond donors (Lipinski definition) is 2. The number of hydrogen-bond acceptors (Lipinski definition) is 2. The maximum absolute atomic E-state index is 12.0. The van der Waals surface area contributed by atoms with Gasteiger partial charge in [0.2, 0.25) is 5.91 Å². The van der Waals surface area contributed by atoms with Gasteiger partial charge < -0.3 is 11.1 Å².